The first-order valence-corrected chi connectivity index (χ1v) is 10.5. The van der Waals surface area contributed by atoms with Gasteiger partial charge in [0.15, 0.2) is 6.61 Å². The molecule has 7 nitrogen and oxygen atoms in total. The fourth-order valence-corrected chi connectivity index (χ4v) is 4.61. The monoisotopic (exact) mass is 396 g/mol. The molecule has 27 heavy (non-hydrogen) atoms. The molecule has 1 aliphatic rings. The quantitative estimate of drug-likeness (QED) is 0.769. The predicted molar refractivity (Wildman–Crippen MR) is 102 cm³/mol. The third-order valence-electron chi connectivity index (χ3n) is 4.21. The molecule has 1 N–H and O–H groups in total. The van der Waals surface area contributed by atoms with Gasteiger partial charge in [-0.05, 0) is 59.1 Å². The number of hydrogen-bond acceptors (Lipinski definition) is 5. The number of sulfonamides is 1. The number of hydrogen-bond donors (Lipinski definition) is 1. The number of ether oxygens (including phenoxy) is 1. The Bertz CT molecular complexity index is 781. The van der Waals surface area contributed by atoms with E-state index in [2.05, 4.69) is 5.32 Å². The van der Waals surface area contributed by atoms with E-state index < -0.39 is 40.1 Å². The molecule has 0 saturated carbocycles. The van der Waals surface area contributed by atoms with E-state index >= 15 is 0 Å². The van der Waals surface area contributed by atoms with Crippen molar-refractivity contribution in [3.8, 4) is 0 Å². The number of carbonyl (C=O) groups excluding carboxylic acids is 2. The largest absolute Gasteiger partial charge is 0.454 e. The van der Waals surface area contributed by atoms with E-state index in [0.717, 1.165) is 12.0 Å². The van der Waals surface area contributed by atoms with Gasteiger partial charge in [-0.1, -0.05) is 17.7 Å². The van der Waals surface area contributed by atoms with Crippen molar-refractivity contribution in [1.29, 1.82) is 0 Å². The van der Waals surface area contributed by atoms with E-state index in [1.807, 2.05) is 27.7 Å². The zero-order chi connectivity index (χ0) is 20.2. The average Bonchev–Trinajstić information content (AvgIpc) is 2.58. The average molecular weight is 397 g/mol. The summed E-state index contributed by atoms with van der Waals surface area (Å²) in [6, 6.07) is 5.62. The number of piperidine rings is 1. The standard InChI is InChI=1S/C19H28N2O5S/c1-14-8-10-15(11-9-14)27(24,25)21-12-6-5-7-16(21)18(23)26-13-17(22)20-19(2,3)4/h8-11,16H,5-7,12-13H2,1-4H3,(H,20,22)/t16-/m0/s1. The number of nitrogens with one attached hydrogen (secondary N) is 1. The van der Waals surface area contributed by atoms with Gasteiger partial charge in [-0.2, -0.15) is 4.31 Å². The molecule has 1 atom stereocenters. The van der Waals surface area contributed by atoms with E-state index in [1.165, 1.54) is 4.31 Å². The molecule has 0 aromatic heterocycles. The van der Waals surface area contributed by atoms with Gasteiger partial charge in [-0.15, -0.1) is 0 Å². The molecular formula is C19H28N2O5S. The molecule has 1 saturated heterocycles. The summed E-state index contributed by atoms with van der Waals surface area (Å²) in [6.45, 7) is 7.17. The summed E-state index contributed by atoms with van der Waals surface area (Å²) >= 11 is 0. The smallest absolute Gasteiger partial charge is 0.324 e. The molecule has 1 aromatic carbocycles. The highest BCUT2D eigenvalue weighted by Gasteiger charge is 2.38. The molecule has 8 heteroatoms. The maximum atomic E-state index is 13.0. The fourth-order valence-electron chi connectivity index (χ4n) is 2.96. The Morgan fingerprint density at radius 2 is 1.81 bits per heavy atom. The van der Waals surface area contributed by atoms with Crippen LogP contribution in [0.1, 0.15) is 45.6 Å². The summed E-state index contributed by atoms with van der Waals surface area (Å²) in [7, 11) is -3.81. The van der Waals surface area contributed by atoms with Crippen molar-refractivity contribution in [1.82, 2.24) is 9.62 Å². The summed E-state index contributed by atoms with van der Waals surface area (Å²) in [5, 5.41) is 2.70. The van der Waals surface area contributed by atoms with Gasteiger partial charge in [0.1, 0.15) is 6.04 Å². The van der Waals surface area contributed by atoms with Crippen LogP contribution in [0.4, 0.5) is 0 Å². The fraction of sp³-hybridized carbons (Fsp3) is 0.579. The van der Waals surface area contributed by atoms with E-state index in [0.29, 0.717) is 12.8 Å². The van der Waals surface area contributed by atoms with Crippen LogP contribution in [0.3, 0.4) is 0 Å². The number of nitrogens with zero attached hydrogens (tertiary/aromatic N) is 1. The zero-order valence-corrected chi connectivity index (χ0v) is 17.1. The van der Waals surface area contributed by atoms with Crippen LogP contribution in [-0.4, -0.2) is 49.3 Å². The van der Waals surface area contributed by atoms with E-state index in [-0.39, 0.29) is 11.4 Å². The molecule has 2 rings (SSSR count). The lowest BCUT2D eigenvalue weighted by Crippen LogP contribution is -2.49. The minimum Gasteiger partial charge on any atom is -0.454 e. The molecule has 1 aromatic rings. The lowest BCUT2D eigenvalue weighted by molar-refractivity contribution is -0.153. The number of amides is 1. The van der Waals surface area contributed by atoms with Gasteiger partial charge in [0.2, 0.25) is 10.0 Å². The molecule has 1 fully saturated rings. The van der Waals surface area contributed by atoms with Crippen LogP contribution in [0, 0.1) is 6.92 Å². The van der Waals surface area contributed by atoms with E-state index in [1.54, 1.807) is 24.3 Å². The minimum absolute atomic E-state index is 0.151. The van der Waals surface area contributed by atoms with Crippen molar-refractivity contribution in [3.63, 3.8) is 0 Å². The number of esters is 1. The number of aryl methyl sites for hydroxylation is 1. The lowest BCUT2D eigenvalue weighted by Gasteiger charge is -2.33. The van der Waals surface area contributed by atoms with Crippen molar-refractivity contribution < 1.29 is 22.7 Å². The van der Waals surface area contributed by atoms with Gasteiger partial charge >= 0.3 is 5.97 Å². The molecule has 0 aliphatic carbocycles. The maximum absolute atomic E-state index is 13.0. The normalized spacial score (nSPS) is 18.7. The first-order chi connectivity index (χ1) is 12.5. The van der Waals surface area contributed by atoms with Crippen molar-refractivity contribution in [2.45, 2.75) is 63.4 Å². The molecule has 0 bridgehead atoms. The molecule has 0 spiro atoms. The maximum Gasteiger partial charge on any atom is 0.324 e. The molecule has 1 heterocycles. The molecule has 0 unspecified atom stereocenters. The van der Waals surface area contributed by atoms with Gasteiger partial charge in [0.25, 0.3) is 5.91 Å². The molecule has 0 radical (unpaired) electrons. The van der Waals surface area contributed by atoms with Crippen LogP contribution in [0.15, 0.2) is 29.2 Å². The Labute approximate surface area is 161 Å². The lowest BCUT2D eigenvalue weighted by atomic mass is 10.1. The van der Waals surface area contributed by atoms with Crippen LogP contribution in [0.5, 0.6) is 0 Å². The van der Waals surface area contributed by atoms with E-state index in [9.17, 15) is 18.0 Å². The first-order valence-electron chi connectivity index (χ1n) is 9.07. The van der Waals surface area contributed by atoms with Crippen molar-refractivity contribution >= 4 is 21.9 Å². The van der Waals surface area contributed by atoms with Crippen LogP contribution in [0.2, 0.25) is 0 Å². The van der Waals surface area contributed by atoms with Gasteiger partial charge in [-0.3, -0.25) is 9.59 Å². The van der Waals surface area contributed by atoms with Crippen molar-refractivity contribution in [2.75, 3.05) is 13.2 Å². The highest BCUT2D eigenvalue weighted by atomic mass is 32.2. The van der Waals surface area contributed by atoms with Gasteiger partial charge in [-0.25, -0.2) is 8.42 Å². The minimum atomic E-state index is -3.81. The summed E-state index contributed by atoms with van der Waals surface area (Å²) in [5.41, 5.74) is 0.517. The van der Waals surface area contributed by atoms with Gasteiger partial charge in [0.05, 0.1) is 4.90 Å². The Hall–Kier alpha value is -1.93. The highest BCUT2D eigenvalue weighted by Crippen LogP contribution is 2.26. The molecule has 150 valence electrons. The SMILES string of the molecule is Cc1ccc(S(=O)(=O)N2CCCC[C@H]2C(=O)OCC(=O)NC(C)(C)C)cc1. The van der Waals surface area contributed by atoms with Crippen LogP contribution in [-0.2, 0) is 24.3 Å². The number of carbonyl (C=O) groups is 2. The third-order valence-corrected chi connectivity index (χ3v) is 6.14. The summed E-state index contributed by atoms with van der Waals surface area (Å²) in [4.78, 5) is 24.5. The first kappa shape index (κ1) is 21.4. The zero-order valence-electron chi connectivity index (χ0n) is 16.3. The number of rotatable bonds is 5. The molecule has 1 amide bonds. The van der Waals surface area contributed by atoms with Crippen LogP contribution < -0.4 is 5.32 Å². The summed E-state index contributed by atoms with van der Waals surface area (Å²) in [6.07, 6.45) is 1.79. The van der Waals surface area contributed by atoms with Crippen LogP contribution >= 0.6 is 0 Å². The molecular weight excluding hydrogens is 368 g/mol. The Morgan fingerprint density at radius 3 is 2.41 bits per heavy atom. The summed E-state index contributed by atoms with van der Waals surface area (Å²) in [5.74, 6) is -1.10. The second-order valence-electron chi connectivity index (χ2n) is 7.85. The van der Waals surface area contributed by atoms with Gasteiger partial charge in [0, 0.05) is 12.1 Å². The Morgan fingerprint density at radius 1 is 1.19 bits per heavy atom. The second kappa shape index (κ2) is 8.39. The molecule has 1 aliphatic heterocycles. The topological polar surface area (TPSA) is 92.8 Å². The van der Waals surface area contributed by atoms with Gasteiger partial charge < -0.3 is 10.1 Å². The predicted octanol–water partition coefficient (Wildman–Crippen LogP) is 2.00. The summed E-state index contributed by atoms with van der Waals surface area (Å²) < 4.78 is 32.3. The highest BCUT2D eigenvalue weighted by molar-refractivity contribution is 7.89. The second-order valence-corrected chi connectivity index (χ2v) is 9.74. The third kappa shape index (κ3) is 5.77. The van der Waals surface area contributed by atoms with E-state index in [4.69, 9.17) is 4.74 Å². The Balaban J connectivity index is 2.11. The van der Waals surface area contributed by atoms with Crippen molar-refractivity contribution in [3.05, 3.63) is 29.8 Å². The Kier molecular flexibility index (Phi) is 6.64. The number of benzene rings is 1. The van der Waals surface area contributed by atoms with Crippen molar-refractivity contribution in [2.24, 2.45) is 0 Å². The van der Waals surface area contributed by atoms with Crippen LogP contribution in [0.25, 0.3) is 0 Å².